The van der Waals surface area contributed by atoms with Gasteiger partial charge in [-0.1, -0.05) is 18.2 Å². The van der Waals surface area contributed by atoms with Crippen LogP contribution in [0.15, 0.2) is 35.0 Å². The zero-order valence-electron chi connectivity index (χ0n) is 17.0. The average Bonchev–Trinajstić information content (AvgIpc) is 3.32. The number of amides is 2. The fourth-order valence-corrected chi connectivity index (χ4v) is 3.94. The molecule has 3 aliphatic heterocycles. The summed E-state index contributed by atoms with van der Waals surface area (Å²) < 4.78 is 11.7. The molecule has 1 saturated heterocycles. The van der Waals surface area contributed by atoms with Gasteiger partial charge in [0.1, 0.15) is 17.1 Å². The second kappa shape index (κ2) is 7.89. The van der Waals surface area contributed by atoms with E-state index in [1.165, 1.54) is 0 Å². The van der Waals surface area contributed by atoms with Crippen LogP contribution in [0.3, 0.4) is 0 Å². The van der Waals surface area contributed by atoms with E-state index in [1.807, 2.05) is 37.0 Å². The van der Waals surface area contributed by atoms with E-state index in [9.17, 15) is 9.59 Å². The lowest BCUT2D eigenvalue weighted by Gasteiger charge is -2.19. The van der Waals surface area contributed by atoms with Crippen LogP contribution in [0, 0.1) is 0 Å². The van der Waals surface area contributed by atoms with E-state index in [0.717, 1.165) is 37.9 Å². The van der Waals surface area contributed by atoms with Gasteiger partial charge >= 0.3 is 0 Å². The lowest BCUT2D eigenvalue weighted by atomic mass is 10.0. The molecule has 2 amide bonds. The first-order valence-electron chi connectivity index (χ1n) is 10.2. The van der Waals surface area contributed by atoms with Crippen molar-refractivity contribution >= 4 is 17.6 Å². The Kier molecular flexibility index (Phi) is 5.30. The summed E-state index contributed by atoms with van der Waals surface area (Å²) >= 11 is 0. The van der Waals surface area contributed by atoms with Crippen LogP contribution in [-0.4, -0.2) is 47.8 Å². The first kappa shape index (κ1) is 19.5. The Labute approximate surface area is 170 Å². The quantitative estimate of drug-likeness (QED) is 0.847. The molecule has 154 valence electrons. The highest BCUT2D eigenvalue weighted by Crippen LogP contribution is 2.41. The van der Waals surface area contributed by atoms with E-state index in [0.29, 0.717) is 35.9 Å². The number of para-hydroxylation sites is 1. The van der Waals surface area contributed by atoms with Crippen molar-refractivity contribution in [1.29, 1.82) is 0 Å². The van der Waals surface area contributed by atoms with Crippen molar-refractivity contribution in [2.75, 3.05) is 19.7 Å². The standard InChI is InChI=1S/C22H27N3O4/c1-22(2)13-15-7-5-9-17(20(15)29-22)28-14-19(26)24-18-10-6-8-16(23-18)21(27)25-11-3-4-12-25/h5,7-9H,3-4,6,10-14H2,1-2H3,(H,23,24,26). The summed E-state index contributed by atoms with van der Waals surface area (Å²) in [6.07, 6.45) is 6.01. The lowest BCUT2D eigenvalue weighted by molar-refractivity contribution is -0.126. The van der Waals surface area contributed by atoms with Crippen molar-refractivity contribution in [3.05, 3.63) is 35.5 Å². The second-order valence-electron chi connectivity index (χ2n) is 8.31. The number of rotatable bonds is 4. The van der Waals surface area contributed by atoms with Crippen molar-refractivity contribution in [2.45, 2.75) is 51.6 Å². The zero-order valence-corrected chi connectivity index (χ0v) is 17.0. The molecular formula is C22H27N3O4. The molecular weight excluding hydrogens is 370 g/mol. The number of fused-ring (bicyclic) bond motifs is 1. The number of allylic oxidation sites excluding steroid dienone is 1. The monoisotopic (exact) mass is 397 g/mol. The van der Waals surface area contributed by atoms with Crippen LogP contribution in [0.1, 0.15) is 45.1 Å². The molecule has 1 fully saturated rings. The molecule has 1 aromatic rings. The van der Waals surface area contributed by atoms with Crippen LogP contribution in [0.25, 0.3) is 0 Å². The third-order valence-corrected chi connectivity index (χ3v) is 5.28. The van der Waals surface area contributed by atoms with E-state index in [2.05, 4.69) is 10.3 Å². The van der Waals surface area contributed by atoms with Gasteiger partial charge in [-0.15, -0.1) is 0 Å². The third-order valence-electron chi connectivity index (χ3n) is 5.28. The molecule has 7 nitrogen and oxygen atoms in total. The van der Waals surface area contributed by atoms with Gasteiger partial charge in [-0.05, 0) is 39.2 Å². The van der Waals surface area contributed by atoms with Gasteiger partial charge in [0.25, 0.3) is 11.8 Å². The molecule has 0 saturated carbocycles. The number of nitrogens with one attached hydrogen (secondary N) is 1. The largest absolute Gasteiger partial charge is 0.483 e. The SMILES string of the molecule is CC1(C)Cc2cccc(OCC(=O)NC3=NC(C(=O)N4CCCC4)=CCC3)c2O1. The molecule has 0 bridgehead atoms. The van der Waals surface area contributed by atoms with E-state index in [4.69, 9.17) is 9.47 Å². The third kappa shape index (κ3) is 4.44. The Bertz CT molecular complexity index is 882. The molecule has 0 atom stereocenters. The Morgan fingerprint density at radius 2 is 2.07 bits per heavy atom. The maximum absolute atomic E-state index is 12.5. The summed E-state index contributed by atoms with van der Waals surface area (Å²) in [7, 11) is 0. The molecule has 0 unspecified atom stereocenters. The van der Waals surface area contributed by atoms with E-state index in [1.54, 1.807) is 6.07 Å². The van der Waals surface area contributed by atoms with Crippen LogP contribution < -0.4 is 14.8 Å². The van der Waals surface area contributed by atoms with Gasteiger partial charge in [0, 0.05) is 31.5 Å². The van der Waals surface area contributed by atoms with E-state index in [-0.39, 0.29) is 24.0 Å². The van der Waals surface area contributed by atoms with Gasteiger partial charge < -0.3 is 19.7 Å². The van der Waals surface area contributed by atoms with Gasteiger partial charge in [-0.2, -0.15) is 0 Å². The van der Waals surface area contributed by atoms with Crippen LogP contribution in [0.4, 0.5) is 0 Å². The van der Waals surface area contributed by atoms with Crippen LogP contribution in [0.5, 0.6) is 11.5 Å². The normalized spacial score (nSPS) is 19.7. The van der Waals surface area contributed by atoms with Crippen molar-refractivity contribution < 1.29 is 19.1 Å². The molecule has 7 heteroatoms. The smallest absolute Gasteiger partial charge is 0.272 e. The van der Waals surface area contributed by atoms with Crippen LogP contribution >= 0.6 is 0 Å². The number of benzene rings is 1. The highest BCUT2D eigenvalue weighted by atomic mass is 16.5. The topological polar surface area (TPSA) is 80.2 Å². The highest BCUT2D eigenvalue weighted by molar-refractivity contribution is 6.03. The van der Waals surface area contributed by atoms with Gasteiger partial charge in [-0.3, -0.25) is 9.59 Å². The highest BCUT2D eigenvalue weighted by Gasteiger charge is 2.32. The minimum Gasteiger partial charge on any atom is -0.483 e. The van der Waals surface area contributed by atoms with Crippen molar-refractivity contribution in [1.82, 2.24) is 10.2 Å². The minimum absolute atomic E-state index is 0.0511. The summed E-state index contributed by atoms with van der Waals surface area (Å²) in [6, 6.07) is 5.73. The van der Waals surface area contributed by atoms with E-state index < -0.39 is 0 Å². The van der Waals surface area contributed by atoms with Crippen LogP contribution in [-0.2, 0) is 16.0 Å². The lowest BCUT2D eigenvalue weighted by Crippen LogP contribution is -2.36. The number of hydrogen-bond donors (Lipinski definition) is 1. The minimum atomic E-state index is -0.298. The molecule has 0 aliphatic carbocycles. The summed E-state index contributed by atoms with van der Waals surface area (Å²) in [6.45, 7) is 5.47. The average molecular weight is 397 g/mol. The Morgan fingerprint density at radius 3 is 2.86 bits per heavy atom. The number of carbonyl (C=O) groups excluding carboxylic acids is 2. The molecule has 29 heavy (non-hydrogen) atoms. The predicted molar refractivity (Wildman–Crippen MR) is 109 cm³/mol. The second-order valence-corrected chi connectivity index (χ2v) is 8.31. The zero-order chi connectivity index (χ0) is 20.4. The number of aliphatic imine (C=N–C) groups is 1. The number of nitrogens with zero attached hydrogens (tertiary/aromatic N) is 2. The summed E-state index contributed by atoms with van der Waals surface area (Å²) in [5.41, 5.74) is 1.23. The molecule has 3 aliphatic rings. The predicted octanol–water partition coefficient (Wildman–Crippen LogP) is 2.59. The van der Waals surface area contributed by atoms with Gasteiger partial charge in [0.05, 0.1) is 0 Å². The molecule has 0 aromatic heterocycles. The number of carbonyl (C=O) groups is 2. The first-order chi connectivity index (χ1) is 13.9. The van der Waals surface area contributed by atoms with E-state index >= 15 is 0 Å². The molecule has 0 radical (unpaired) electrons. The van der Waals surface area contributed by atoms with Crippen molar-refractivity contribution in [3.63, 3.8) is 0 Å². The number of hydrogen-bond acceptors (Lipinski definition) is 5. The molecule has 1 N–H and O–H groups in total. The van der Waals surface area contributed by atoms with Crippen molar-refractivity contribution in [2.24, 2.45) is 4.99 Å². The molecule has 1 aromatic carbocycles. The van der Waals surface area contributed by atoms with Gasteiger partial charge in [0.15, 0.2) is 18.1 Å². The summed E-state index contributed by atoms with van der Waals surface area (Å²) in [5.74, 6) is 1.44. The first-order valence-corrected chi connectivity index (χ1v) is 10.2. The number of likely N-dealkylation sites (tertiary alicyclic amines) is 1. The van der Waals surface area contributed by atoms with Gasteiger partial charge in [0.2, 0.25) is 0 Å². The Morgan fingerprint density at radius 1 is 1.28 bits per heavy atom. The van der Waals surface area contributed by atoms with Crippen LogP contribution in [0.2, 0.25) is 0 Å². The molecule has 3 heterocycles. The maximum Gasteiger partial charge on any atom is 0.272 e. The summed E-state index contributed by atoms with van der Waals surface area (Å²) in [4.78, 5) is 31.1. The number of amidine groups is 1. The summed E-state index contributed by atoms with van der Waals surface area (Å²) in [5, 5.41) is 2.78. The fraction of sp³-hybridized carbons (Fsp3) is 0.500. The number of ether oxygens (including phenoxy) is 2. The Balaban J connectivity index is 1.34. The fourth-order valence-electron chi connectivity index (χ4n) is 3.94. The molecule has 0 spiro atoms. The molecule has 4 rings (SSSR count). The van der Waals surface area contributed by atoms with Crippen molar-refractivity contribution in [3.8, 4) is 11.5 Å². The Hall–Kier alpha value is -2.83. The van der Waals surface area contributed by atoms with Gasteiger partial charge in [-0.25, -0.2) is 4.99 Å². The maximum atomic E-state index is 12.5.